The van der Waals surface area contributed by atoms with Crippen LogP contribution in [0.4, 0.5) is 9.52 Å². The third-order valence-electron chi connectivity index (χ3n) is 5.20. The van der Waals surface area contributed by atoms with E-state index in [2.05, 4.69) is 15.4 Å². The largest absolute Gasteiger partial charge is 0.381 e. The highest BCUT2D eigenvalue weighted by Gasteiger charge is 2.29. The van der Waals surface area contributed by atoms with E-state index in [0.717, 1.165) is 36.6 Å². The molecule has 160 valence electrons. The van der Waals surface area contributed by atoms with Crippen LogP contribution in [0.15, 0.2) is 35.5 Å². The Morgan fingerprint density at radius 3 is 2.80 bits per heavy atom. The molecule has 1 aromatic carbocycles. The van der Waals surface area contributed by atoms with Crippen LogP contribution in [-0.4, -0.2) is 48.6 Å². The van der Waals surface area contributed by atoms with Gasteiger partial charge in [-0.3, -0.25) is 9.48 Å². The van der Waals surface area contributed by atoms with Gasteiger partial charge in [0.15, 0.2) is 20.1 Å². The first kappa shape index (κ1) is 20.9. The highest BCUT2D eigenvalue weighted by atomic mass is 32.2. The number of aromatic nitrogens is 3. The Hall–Kier alpha value is -2.37. The van der Waals surface area contributed by atoms with Crippen molar-refractivity contribution in [3.8, 4) is 0 Å². The van der Waals surface area contributed by atoms with Crippen molar-refractivity contribution < 1.29 is 22.3 Å². The summed E-state index contributed by atoms with van der Waals surface area (Å²) in [6, 6.07) is 4.20. The van der Waals surface area contributed by atoms with Gasteiger partial charge >= 0.3 is 0 Å². The topological polar surface area (TPSA) is 103 Å². The first-order valence-corrected chi connectivity index (χ1v) is 12.2. The molecule has 0 aliphatic carbocycles. The number of benzene rings is 1. The smallest absolute Gasteiger partial charge is 0.251 e. The van der Waals surface area contributed by atoms with Gasteiger partial charge in [0.25, 0.3) is 5.91 Å². The summed E-state index contributed by atoms with van der Waals surface area (Å²) in [5, 5.41) is 7.18. The van der Waals surface area contributed by atoms with E-state index in [1.807, 2.05) is 0 Å². The third-order valence-corrected chi connectivity index (χ3v) is 7.06. The van der Waals surface area contributed by atoms with Crippen molar-refractivity contribution in [3.05, 3.63) is 35.7 Å². The molecule has 1 fully saturated rings. The lowest BCUT2D eigenvalue weighted by atomic mass is 9.92. The van der Waals surface area contributed by atoms with Gasteiger partial charge in [0.1, 0.15) is 6.04 Å². The van der Waals surface area contributed by atoms with Gasteiger partial charge in [0.05, 0.1) is 22.8 Å². The molecule has 0 radical (unpaired) electrons. The molecule has 3 aromatic rings. The Bertz CT molecular complexity index is 1170. The molecule has 0 spiro atoms. The minimum Gasteiger partial charge on any atom is -0.381 e. The van der Waals surface area contributed by atoms with Gasteiger partial charge in [0, 0.05) is 24.9 Å². The number of ether oxygens (including phenoxy) is 1. The van der Waals surface area contributed by atoms with Crippen molar-refractivity contribution in [1.29, 1.82) is 0 Å². The molecule has 1 N–H and O–H groups in total. The summed E-state index contributed by atoms with van der Waals surface area (Å²) in [7, 11) is -3.46. The van der Waals surface area contributed by atoms with Gasteiger partial charge in [0.2, 0.25) is 0 Å². The summed E-state index contributed by atoms with van der Waals surface area (Å²) in [5.74, 6) is -0.120. The molecule has 1 amide bonds. The standard InChI is InChI=1S/C19H21FN4O4S2/c1-30(26,27)16-4-2-3-14-13(16)10-22-24(14)15(9-12-5-7-28-8-6-12)18(25)23-19-21-11-17(20)29-19/h2-4,10-12,15H,5-9H2,1H3,(H,21,23,25). The number of rotatable bonds is 6. The number of anilines is 1. The van der Waals surface area contributed by atoms with Crippen LogP contribution in [0.1, 0.15) is 25.3 Å². The van der Waals surface area contributed by atoms with Gasteiger partial charge in [-0.25, -0.2) is 13.4 Å². The SMILES string of the molecule is CS(=O)(=O)c1cccc2c1cnn2C(CC1CCOCC1)C(=O)Nc1ncc(F)s1. The predicted molar refractivity (Wildman–Crippen MR) is 111 cm³/mol. The molecule has 1 aliphatic heterocycles. The number of carbonyl (C=O) groups excluding carboxylic acids is 1. The fourth-order valence-corrected chi connectivity index (χ4v) is 5.16. The highest BCUT2D eigenvalue weighted by Crippen LogP contribution is 2.31. The normalized spacial score (nSPS) is 16.6. The minimum absolute atomic E-state index is 0.165. The van der Waals surface area contributed by atoms with Crippen molar-refractivity contribution in [3.63, 3.8) is 0 Å². The Kier molecular flexibility index (Phi) is 5.85. The number of halogens is 1. The lowest BCUT2D eigenvalue weighted by Crippen LogP contribution is -2.30. The van der Waals surface area contributed by atoms with E-state index in [9.17, 15) is 17.6 Å². The zero-order chi connectivity index (χ0) is 21.3. The van der Waals surface area contributed by atoms with Gasteiger partial charge in [-0.2, -0.15) is 9.49 Å². The van der Waals surface area contributed by atoms with E-state index < -0.39 is 21.0 Å². The van der Waals surface area contributed by atoms with Gasteiger partial charge in [-0.1, -0.05) is 17.4 Å². The van der Waals surface area contributed by atoms with E-state index in [-0.39, 0.29) is 21.9 Å². The maximum atomic E-state index is 13.3. The summed E-state index contributed by atoms with van der Waals surface area (Å²) >= 11 is 0.748. The van der Waals surface area contributed by atoms with Crippen molar-refractivity contribution in [2.75, 3.05) is 24.8 Å². The molecule has 11 heteroatoms. The van der Waals surface area contributed by atoms with Crippen molar-refractivity contribution in [2.45, 2.75) is 30.2 Å². The van der Waals surface area contributed by atoms with Gasteiger partial charge < -0.3 is 10.1 Å². The molecule has 4 rings (SSSR count). The lowest BCUT2D eigenvalue weighted by molar-refractivity contribution is -0.120. The average molecular weight is 453 g/mol. The summed E-state index contributed by atoms with van der Waals surface area (Å²) < 4.78 is 44.6. The second-order valence-corrected chi connectivity index (χ2v) is 10.3. The number of sulfone groups is 1. The lowest BCUT2D eigenvalue weighted by Gasteiger charge is -2.26. The number of fused-ring (bicyclic) bond motifs is 1. The predicted octanol–water partition coefficient (Wildman–Crippen LogP) is 3.03. The number of amides is 1. The molecule has 2 aromatic heterocycles. The molecule has 0 saturated carbocycles. The van der Waals surface area contributed by atoms with E-state index in [4.69, 9.17) is 4.74 Å². The number of carbonyl (C=O) groups is 1. The van der Waals surface area contributed by atoms with Crippen molar-refractivity contribution in [2.24, 2.45) is 5.92 Å². The quantitative estimate of drug-likeness (QED) is 0.617. The fourth-order valence-electron chi connectivity index (χ4n) is 3.73. The fraction of sp³-hybridized carbons (Fsp3) is 0.421. The van der Waals surface area contributed by atoms with Crippen molar-refractivity contribution in [1.82, 2.24) is 14.8 Å². The highest BCUT2D eigenvalue weighted by molar-refractivity contribution is 7.91. The monoisotopic (exact) mass is 452 g/mol. The number of nitrogens with one attached hydrogen (secondary N) is 1. The van der Waals surface area contributed by atoms with Crippen LogP contribution in [0.3, 0.4) is 0 Å². The second kappa shape index (κ2) is 8.40. The minimum atomic E-state index is -3.46. The van der Waals surface area contributed by atoms with E-state index in [1.165, 1.54) is 12.3 Å². The number of nitrogens with zero attached hydrogens (tertiary/aromatic N) is 3. The maximum absolute atomic E-state index is 13.3. The van der Waals surface area contributed by atoms with Crippen LogP contribution in [0.5, 0.6) is 0 Å². The van der Waals surface area contributed by atoms with Crippen LogP contribution < -0.4 is 5.32 Å². The summed E-state index contributed by atoms with van der Waals surface area (Å²) in [4.78, 5) is 17.2. The van der Waals surface area contributed by atoms with E-state index >= 15 is 0 Å². The number of hydrogen-bond donors (Lipinski definition) is 1. The zero-order valence-electron chi connectivity index (χ0n) is 16.2. The molecule has 0 bridgehead atoms. The third kappa shape index (κ3) is 4.37. The Labute approximate surface area is 177 Å². The molecule has 1 unspecified atom stereocenters. The second-order valence-electron chi connectivity index (χ2n) is 7.32. The van der Waals surface area contributed by atoms with E-state index in [1.54, 1.807) is 16.8 Å². The molecule has 1 aliphatic rings. The molecule has 1 saturated heterocycles. The first-order valence-electron chi connectivity index (χ1n) is 9.49. The number of thiazole rings is 1. The first-order chi connectivity index (χ1) is 14.3. The molecule has 1 atom stereocenters. The van der Waals surface area contributed by atoms with Crippen LogP contribution in [0.25, 0.3) is 10.9 Å². The summed E-state index contributed by atoms with van der Waals surface area (Å²) in [6.07, 6.45) is 5.81. The Morgan fingerprint density at radius 1 is 1.37 bits per heavy atom. The Balaban J connectivity index is 1.72. The van der Waals surface area contributed by atoms with Crippen LogP contribution in [0.2, 0.25) is 0 Å². The molecular weight excluding hydrogens is 431 g/mol. The summed E-state index contributed by atoms with van der Waals surface area (Å²) in [6.45, 7) is 1.27. The maximum Gasteiger partial charge on any atom is 0.251 e. The van der Waals surface area contributed by atoms with Crippen LogP contribution in [0, 0.1) is 11.0 Å². The van der Waals surface area contributed by atoms with Crippen LogP contribution in [-0.2, 0) is 19.4 Å². The molecule has 30 heavy (non-hydrogen) atoms. The van der Waals surface area contributed by atoms with Crippen LogP contribution >= 0.6 is 11.3 Å². The summed E-state index contributed by atoms with van der Waals surface area (Å²) in [5.41, 5.74) is 0.551. The zero-order valence-corrected chi connectivity index (χ0v) is 17.9. The average Bonchev–Trinajstić information content (AvgIpc) is 3.32. The van der Waals surface area contributed by atoms with E-state index in [0.29, 0.717) is 30.5 Å². The van der Waals surface area contributed by atoms with Crippen molar-refractivity contribution >= 4 is 43.1 Å². The van der Waals surface area contributed by atoms with Gasteiger partial charge in [-0.15, -0.1) is 0 Å². The van der Waals surface area contributed by atoms with Gasteiger partial charge in [-0.05, 0) is 37.3 Å². The number of hydrogen-bond acceptors (Lipinski definition) is 7. The molecular formula is C19H21FN4O4S2. The molecule has 3 heterocycles. The molecule has 8 nitrogen and oxygen atoms in total. The Morgan fingerprint density at radius 2 is 2.13 bits per heavy atom.